The number of hydrogen-bond donors (Lipinski definition) is 2. The minimum absolute atomic E-state index is 0.280. The van der Waals surface area contributed by atoms with Gasteiger partial charge in [-0.05, 0) is 30.2 Å². The Morgan fingerprint density at radius 1 is 1.20 bits per heavy atom. The number of carbonyl (C=O) groups excluding carboxylic acids is 2. The average Bonchev–Trinajstić information content (AvgIpc) is 3.33. The standard InChI is InChI=1S/C28H32F2N6O3.C2H6/c29-28(30)16-23(17-31)36(20-28)26(37)19-34-27(38)25-8-9-33-18-22(25)5-2-21-3-6-24(7-4-21)39-15-1-12-35-13-10-32-11-14-35;1-2/h2-9,18,23,32H,1,10-16,19-20H2,(H,34,38);1-2H3/b5-2+;. The lowest BCUT2D eigenvalue weighted by atomic mass is 10.1. The highest BCUT2D eigenvalue weighted by Gasteiger charge is 2.47. The van der Waals surface area contributed by atoms with E-state index < -0.39 is 43.3 Å². The van der Waals surface area contributed by atoms with Gasteiger partial charge < -0.3 is 25.2 Å². The molecule has 0 bridgehead atoms. The van der Waals surface area contributed by atoms with Crippen LogP contribution in [-0.2, 0) is 4.79 Å². The number of nitrogens with zero attached hydrogens (tertiary/aromatic N) is 4. The molecule has 11 heteroatoms. The van der Waals surface area contributed by atoms with E-state index in [9.17, 15) is 18.4 Å². The lowest BCUT2D eigenvalue weighted by Gasteiger charge is -2.26. The first-order valence-corrected chi connectivity index (χ1v) is 14.0. The summed E-state index contributed by atoms with van der Waals surface area (Å²) in [5.41, 5.74) is 1.70. The first kappa shape index (κ1) is 31.6. The molecule has 41 heavy (non-hydrogen) atoms. The molecule has 2 amide bonds. The second-order valence-corrected chi connectivity index (χ2v) is 9.57. The predicted octanol–water partition coefficient (Wildman–Crippen LogP) is 3.44. The molecule has 1 aromatic carbocycles. The van der Waals surface area contributed by atoms with Gasteiger partial charge in [0.05, 0.1) is 25.8 Å². The molecule has 2 aliphatic rings. The van der Waals surface area contributed by atoms with Crippen molar-refractivity contribution in [2.24, 2.45) is 0 Å². The Hall–Kier alpha value is -3.88. The second-order valence-electron chi connectivity index (χ2n) is 9.57. The molecule has 0 radical (unpaired) electrons. The van der Waals surface area contributed by atoms with Gasteiger partial charge in [0.25, 0.3) is 11.8 Å². The van der Waals surface area contributed by atoms with Gasteiger partial charge in [0, 0.05) is 62.7 Å². The van der Waals surface area contributed by atoms with Crippen molar-refractivity contribution in [2.75, 3.05) is 52.4 Å². The van der Waals surface area contributed by atoms with Gasteiger partial charge in [-0.1, -0.05) is 38.1 Å². The molecule has 3 heterocycles. The number of halogens is 2. The highest BCUT2D eigenvalue weighted by atomic mass is 19.3. The number of piperazine rings is 1. The van der Waals surface area contributed by atoms with Crippen molar-refractivity contribution in [3.63, 3.8) is 0 Å². The minimum Gasteiger partial charge on any atom is -0.494 e. The molecule has 2 saturated heterocycles. The highest BCUT2D eigenvalue weighted by molar-refractivity contribution is 6.00. The number of amides is 2. The van der Waals surface area contributed by atoms with Crippen LogP contribution in [0.5, 0.6) is 5.75 Å². The summed E-state index contributed by atoms with van der Waals surface area (Å²) in [4.78, 5) is 32.5. The van der Waals surface area contributed by atoms with Crippen LogP contribution in [0.1, 0.15) is 48.2 Å². The normalized spacial score (nSPS) is 18.3. The van der Waals surface area contributed by atoms with Gasteiger partial charge in [-0.25, -0.2) is 8.78 Å². The molecule has 1 unspecified atom stereocenters. The summed E-state index contributed by atoms with van der Waals surface area (Å²) in [6.07, 6.45) is 6.80. The number of carbonyl (C=O) groups is 2. The summed E-state index contributed by atoms with van der Waals surface area (Å²) < 4.78 is 33.1. The molecule has 2 N–H and O–H groups in total. The Morgan fingerprint density at radius 2 is 1.93 bits per heavy atom. The number of likely N-dealkylation sites (tertiary alicyclic amines) is 1. The van der Waals surface area contributed by atoms with E-state index in [2.05, 4.69) is 20.5 Å². The molecule has 1 atom stereocenters. The third-order valence-corrected chi connectivity index (χ3v) is 6.67. The fourth-order valence-corrected chi connectivity index (χ4v) is 4.57. The van der Waals surface area contributed by atoms with Crippen molar-refractivity contribution in [3.8, 4) is 11.8 Å². The first-order chi connectivity index (χ1) is 19.8. The maximum Gasteiger partial charge on any atom is 0.268 e. The summed E-state index contributed by atoms with van der Waals surface area (Å²) in [5.74, 6) is -3.61. The smallest absolute Gasteiger partial charge is 0.268 e. The van der Waals surface area contributed by atoms with Crippen molar-refractivity contribution in [1.29, 1.82) is 5.26 Å². The van der Waals surface area contributed by atoms with Crippen molar-refractivity contribution in [3.05, 3.63) is 59.4 Å². The Balaban J connectivity index is 0.00000226. The number of hydrogen-bond acceptors (Lipinski definition) is 7. The van der Waals surface area contributed by atoms with Crippen LogP contribution in [0.25, 0.3) is 12.2 Å². The fraction of sp³-hybridized carbons (Fsp3) is 0.467. The minimum atomic E-state index is -3.11. The van der Waals surface area contributed by atoms with Gasteiger partial charge in [0.15, 0.2) is 0 Å². The Kier molecular flexibility index (Phi) is 12.2. The SMILES string of the molecule is CC.N#CC1CC(F)(F)CN1C(=O)CNC(=O)c1ccncc1/C=C/c1ccc(OCCCN2CCNCC2)cc1. The quantitative estimate of drug-likeness (QED) is 0.423. The number of aromatic nitrogens is 1. The molecule has 0 saturated carbocycles. The van der Waals surface area contributed by atoms with Gasteiger partial charge in [-0.2, -0.15) is 5.26 Å². The van der Waals surface area contributed by atoms with Crippen LogP contribution in [0.15, 0.2) is 42.7 Å². The molecule has 9 nitrogen and oxygen atoms in total. The van der Waals surface area contributed by atoms with Crippen molar-refractivity contribution in [2.45, 2.75) is 38.7 Å². The van der Waals surface area contributed by atoms with Crippen LogP contribution in [0.4, 0.5) is 8.78 Å². The van der Waals surface area contributed by atoms with Crippen LogP contribution < -0.4 is 15.4 Å². The molecule has 2 aromatic rings. The third-order valence-electron chi connectivity index (χ3n) is 6.67. The monoisotopic (exact) mass is 568 g/mol. The molecule has 2 aliphatic heterocycles. The van der Waals surface area contributed by atoms with Gasteiger partial charge in [-0.15, -0.1) is 0 Å². The third kappa shape index (κ3) is 9.62. The second kappa shape index (κ2) is 15.8. The van der Waals surface area contributed by atoms with Crippen LogP contribution in [-0.4, -0.2) is 91.0 Å². The summed E-state index contributed by atoms with van der Waals surface area (Å²) in [5, 5.41) is 14.9. The van der Waals surface area contributed by atoms with E-state index >= 15 is 0 Å². The molecule has 1 aromatic heterocycles. The lowest BCUT2D eigenvalue weighted by Crippen LogP contribution is -2.43. The zero-order chi connectivity index (χ0) is 29.7. The van der Waals surface area contributed by atoms with Crippen LogP contribution in [0.3, 0.4) is 0 Å². The van der Waals surface area contributed by atoms with Crippen molar-refractivity contribution < 1.29 is 23.1 Å². The number of alkyl halides is 2. The van der Waals surface area contributed by atoms with Crippen LogP contribution in [0, 0.1) is 11.3 Å². The Bertz CT molecular complexity index is 1210. The van der Waals surface area contributed by atoms with E-state index in [0.717, 1.165) is 55.4 Å². The number of benzene rings is 1. The molecule has 220 valence electrons. The highest BCUT2D eigenvalue weighted by Crippen LogP contribution is 2.31. The molecule has 0 spiro atoms. The van der Waals surface area contributed by atoms with E-state index in [4.69, 9.17) is 10.00 Å². The van der Waals surface area contributed by atoms with Gasteiger partial charge in [0.1, 0.15) is 11.8 Å². The number of ether oxygens (including phenoxy) is 1. The van der Waals surface area contributed by atoms with E-state index in [0.29, 0.717) is 12.2 Å². The molecule has 0 aliphatic carbocycles. The first-order valence-electron chi connectivity index (χ1n) is 14.0. The van der Waals surface area contributed by atoms with E-state index in [1.165, 1.54) is 18.5 Å². The van der Waals surface area contributed by atoms with Crippen molar-refractivity contribution >= 4 is 24.0 Å². The predicted molar refractivity (Wildman–Crippen MR) is 153 cm³/mol. The van der Waals surface area contributed by atoms with Crippen LogP contribution in [0.2, 0.25) is 0 Å². The molecular formula is C30H38F2N6O3. The largest absolute Gasteiger partial charge is 0.494 e. The zero-order valence-electron chi connectivity index (χ0n) is 23.6. The maximum atomic E-state index is 13.6. The molecule has 2 fully saturated rings. The zero-order valence-corrected chi connectivity index (χ0v) is 23.6. The number of pyridine rings is 1. The fourth-order valence-electron chi connectivity index (χ4n) is 4.57. The topological polar surface area (TPSA) is 111 Å². The average molecular weight is 569 g/mol. The Morgan fingerprint density at radius 3 is 2.63 bits per heavy atom. The lowest BCUT2D eigenvalue weighted by molar-refractivity contribution is -0.131. The molecular weight excluding hydrogens is 530 g/mol. The maximum absolute atomic E-state index is 13.6. The summed E-state index contributed by atoms with van der Waals surface area (Å²) in [6, 6.07) is 9.63. The van der Waals surface area contributed by atoms with Crippen molar-refractivity contribution in [1.82, 2.24) is 25.4 Å². The number of rotatable bonds is 10. The number of nitriles is 1. The summed E-state index contributed by atoms with van der Waals surface area (Å²) >= 11 is 0. The number of nitrogens with one attached hydrogen (secondary N) is 2. The Labute approximate surface area is 240 Å². The van der Waals surface area contributed by atoms with Gasteiger partial charge >= 0.3 is 0 Å². The molecule has 4 rings (SSSR count). The van der Waals surface area contributed by atoms with E-state index in [1.807, 2.05) is 44.2 Å². The van der Waals surface area contributed by atoms with Gasteiger partial charge in [0.2, 0.25) is 5.91 Å². The summed E-state index contributed by atoms with van der Waals surface area (Å²) in [7, 11) is 0. The summed E-state index contributed by atoms with van der Waals surface area (Å²) in [6.45, 7) is 8.56. The van der Waals surface area contributed by atoms with E-state index in [1.54, 1.807) is 12.1 Å². The van der Waals surface area contributed by atoms with Gasteiger partial charge in [-0.3, -0.25) is 14.6 Å². The van der Waals surface area contributed by atoms with Crippen LogP contribution >= 0.6 is 0 Å². The van der Waals surface area contributed by atoms with E-state index in [-0.39, 0.29) is 5.56 Å².